The van der Waals surface area contributed by atoms with Crippen molar-refractivity contribution in [1.29, 1.82) is 0 Å². The minimum atomic E-state index is 0.319. The summed E-state index contributed by atoms with van der Waals surface area (Å²) in [4.78, 5) is 5.00. The van der Waals surface area contributed by atoms with E-state index in [1.54, 1.807) is 0 Å². The number of nitrogens with two attached hydrogens (primary N) is 1. The van der Waals surface area contributed by atoms with Gasteiger partial charge < -0.3 is 10.6 Å². The van der Waals surface area contributed by atoms with Crippen molar-refractivity contribution in [2.75, 3.05) is 37.6 Å². The van der Waals surface area contributed by atoms with Gasteiger partial charge in [-0.1, -0.05) is 12.1 Å². The largest absolute Gasteiger partial charge is 0.369 e. The van der Waals surface area contributed by atoms with Gasteiger partial charge in [0.2, 0.25) is 0 Å². The molecule has 0 bridgehead atoms. The monoisotopic (exact) mass is 247 g/mol. The van der Waals surface area contributed by atoms with E-state index in [4.69, 9.17) is 5.73 Å². The van der Waals surface area contributed by atoms with Gasteiger partial charge in [0, 0.05) is 37.9 Å². The van der Waals surface area contributed by atoms with E-state index in [0.29, 0.717) is 6.04 Å². The Labute approximate surface area is 111 Å². The smallest absolute Gasteiger partial charge is 0.0369 e. The van der Waals surface area contributed by atoms with Crippen LogP contribution in [-0.4, -0.2) is 43.7 Å². The van der Waals surface area contributed by atoms with Crippen molar-refractivity contribution in [3.8, 4) is 0 Å². The van der Waals surface area contributed by atoms with E-state index in [2.05, 4.69) is 47.9 Å². The number of hydrogen-bond acceptors (Lipinski definition) is 3. The van der Waals surface area contributed by atoms with E-state index >= 15 is 0 Å². The van der Waals surface area contributed by atoms with Crippen molar-refractivity contribution >= 4 is 5.69 Å². The molecule has 0 radical (unpaired) electrons. The third-order valence-corrected chi connectivity index (χ3v) is 3.64. The van der Waals surface area contributed by atoms with Gasteiger partial charge in [-0.25, -0.2) is 0 Å². The number of anilines is 1. The van der Waals surface area contributed by atoms with Crippen LogP contribution in [0.4, 0.5) is 5.69 Å². The van der Waals surface area contributed by atoms with Gasteiger partial charge >= 0.3 is 0 Å². The number of piperazine rings is 1. The fraction of sp³-hybridized carbons (Fsp3) is 0.600. The molecule has 1 heterocycles. The van der Waals surface area contributed by atoms with Gasteiger partial charge in [-0.3, -0.25) is 4.90 Å². The van der Waals surface area contributed by atoms with Gasteiger partial charge in [0.1, 0.15) is 0 Å². The third kappa shape index (κ3) is 3.72. The van der Waals surface area contributed by atoms with Crippen LogP contribution in [0.3, 0.4) is 0 Å². The highest BCUT2D eigenvalue weighted by atomic mass is 15.3. The second kappa shape index (κ2) is 6.21. The minimum Gasteiger partial charge on any atom is -0.369 e. The second-order valence-corrected chi connectivity index (χ2v) is 5.43. The summed E-state index contributed by atoms with van der Waals surface area (Å²) in [5.74, 6) is 0. The zero-order chi connectivity index (χ0) is 13.0. The van der Waals surface area contributed by atoms with Gasteiger partial charge in [-0.2, -0.15) is 0 Å². The summed E-state index contributed by atoms with van der Waals surface area (Å²) < 4.78 is 0. The summed E-state index contributed by atoms with van der Waals surface area (Å²) in [6.07, 6.45) is 1.10. The molecule has 0 saturated carbocycles. The maximum atomic E-state index is 5.81. The molecule has 1 saturated heterocycles. The molecule has 1 aromatic carbocycles. The van der Waals surface area contributed by atoms with E-state index in [1.165, 1.54) is 11.3 Å². The summed E-state index contributed by atoms with van der Waals surface area (Å²) in [6, 6.07) is 9.11. The van der Waals surface area contributed by atoms with E-state index in [0.717, 1.165) is 39.1 Å². The zero-order valence-electron chi connectivity index (χ0n) is 11.6. The molecule has 18 heavy (non-hydrogen) atoms. The number of rotatable bonds is 4. The van der Waals surface area contributed by atoms with Crippen LogP contribution in [0.15, 0.2) is 24.3 Å². The lowest BCUT2D eigenvalue weighted by Crippen LogP contribution is -2.47. The van der Waals surface area contributed by atoms with Crippen molar-refractivity contribution in [1.82, 2.24) is 4.90 Å². The number of aryl methyl sites for hydroxylation is 1. The van der Waals surface area contributed by atoms with E-state index in [1.807, 2.05) is 0 Å². The maximum absolute atomic E-state index is 5.81. The fourth-order valence-corrected chi connectivity index (χ4v) is 2.44. The Balaban J connectivity index is 1.83. The Bertz CT molecular complexity index is 368. The summed E-state index contributed by atoms with van der Waals surface area (Å²) in [7, 11) is 0. The lowest BCUT2D eigenvalue weighted by Gasteiger charge is -2.36. The Morgan fingerprint density at radius 2 is 1.94 bits per heavy atom. The van der Waals surface area contributed by atoms with Gasteiger partial charge in [0.25, 0.3) is 0 Å². The molecule has 0 spiro atoms. The highest BCUT2D eigenvalue weighted by molar-refractivity contribution is 5.48. The quantitative estimate of drug-likeness (QED) is 0.881. The first-order valence-electron chi connectivity index (χ1n) is 6.95. The molecular weight excluding hydrogens is 222 g/mol. The highest BCUT2D eigenvalue weighted by Crippen LogP contribution is 2.17. The van der Waals surface area contributed by atoms with E-state index < -0.39 is 0 Å². The molecule has 2 rings (SSSR count). The van der Waals surface area contributed by atoms with Crippen LogP contribution in [0.1, 0.15) is 18.9 Å². The summed E-state index contributed by atoms with van der Waals surface area (Å²) in [5.41, 5.74) is 8.51. The maximum Gasteiger partial charge on any atom is 0.0369 e. The molecule has 1 unspecified atom stereocenters. The fourth-order valence-electron chi connectivity index (χ4n) is 2.44. The standard InChI is InChI=1S/C15H25N3/c1-13-4-3-5-15(12-13)18-10-8-17(9-11-18)7-6-14(2)16/h3-5,12,14H,6-11,16H2,1-2H3. The van der Waals surface area contributed by atoms with Crippen LogP contribution < -0.4 is 10.6 Å². The van der Waals surface area contributed by atoms with Crippen LogP contribution in [-0.2, 0) is 0 Å². The topological polar surface area (TPSA) is 32.5 Å². The number of benzene rings is 1. The SMILES string of the molecule is Cc1cccc(N2CCN(CCC(C)N)CC2)c1. The normalized spacial score (nSPS) is 18.9. The molecule has 1 aliphatic heterocycles. The second-order valence-electron chi connectivity index (χ2n) is 5.43. The number of hydrogen-bond donors (Lipinski definition) is 1. The molecule has 0 aromatic heterocycles. The van der Waals surface area contributed by atoms with Crippen molar-refractivity contribution in [3.05, 3.63) is 29.8 Å². The van der Waals surface area contributed by atoms with E-state index in [9.17, 15) is 0 Å². The van der Waals surface area contributed by atoms with Crippen LogP contribution in [0, 0.1) is 6.92 Å². The first-order chi connectivity index (χ1) is 8.65. The van der Waals surface area contributed by atoms with Crippen LogP contribution in [0.5, 0.6) is 0 Å². The van der Waals surface area contributed by atoms with Crippen LogP contribution in [0.25, 0.3) is 0 Å². The highest BCUT2D eigenvalue weighted by Gasteiger charge is 2.16. The molecule has 1 aromatic rings. The molecule has 3 nitrogen and oxygen atoms in total. The third-order valence-electron chi connectivity index (χ3n) is 3.64. The van der Waals surface area contributed by atoms with Gasteiger partial charge in [0.15, 0.2) is 0 Å². The first-order valence-corrected chi connectivity index (χ1v) is 6.95. The molecule has 1 aliphatic rings. The molecule has 0 amide bonds. The molecule has 100 valence electrons. The average Bonchev–Trinajstić information content (AvgIpc) is 2.37. The van der Waals surface area contributed by atoms with E-state index in [-0.39, 0.29) is 0 Å². The first kappa shape index (κ1) is 13.4. The Hall–Kier alpha value is -1.06. The van der Waals surface area contributed by atoms with Crippen molar-refractivity contribution < 1.29 is 0 Å². The van der Waals surface area contributed by atoms with Crippen molar-refractivity contribution in [2.45, 2.75) is 26.3 Å². The van der Waals surface area contributed by atoms with Crippen molar-refractivity contribution in [3.63, 3.8) is 0 Å². The van der Waals surface area contributed by atoms with Gasteiger partial charge in [-0.15, -0.1) is 0 Å². The molecule has 3 heteroatoms. The number of nitrogens with zero attached hydrogens (tertiary/aromatic N) is 2. The summed E-state index contributed by atoms with van der Waals surface area (Å²) >= 11 is 0. The Kier molecular flexibility index (Phi) is 4.61. The molecular formula is C15H25N3. The zero-order valence-corrected chi connectivity index (χ0v) is 11.6. The lowest BCUT2D eigenvalue weighted by atomic mass is 10.2. The molecule has 0 aliphatic carbocycles. The predicted molar refractivity (Wildman–Crippen MR) is 78.1 cm³/mol. The Morgan fingerprint density at radius 1 is 1.22 bits per heavy atom. The van der Waals surface area contributed by atoms with Crippen LogP contribution in [0.2, 0.25) is 0 Å². The average molecular weight is 247 g/mol. The van der Waals surface area contributed by atoms with Crippen LogP contribution >= 0.6 is 0 Å². The van der Waals surface area contributed by atoms with Gasteiger partial charge in [0.05, 0.1) is 0 Å². The van der Waals surface area contributed by atoms with Gasteiger partial charge in [-0.05, 0) is 44.5 Å². The lowest BCUT2D eigenvalue weighted by molar-refractivity contribution is 0.250. The molecule has 2 N–H and O–H groups in total. The molecule has 1 atom stereocenters. The molecule has 1 fully saturated rings. The summed E-state index contributed by atoms with van der Waals surface area (Å²) in [6.45, 7) is 9.94. The summed E-state index contributed by atoms with van der Waals surface area (Å²) in [5, 5.41) is 0. The minimum absolute atomic E-state index is 0.319. The van der Waals surface area contributed by atoms with Crippen molar-refractivity contribution in [2.24, 2.45) is 5.73 Å². The predicted octanol–water partition coefficient (Wildman–Crippen LogP) is 1.85. The Morgan fingerprint density at radius 3 is 2.56 bits per heavy atom.